The highest BCUT2D eigenvalue weighted by molar-refractivity contribution is 5.81. The first-order chi connectivity index (χ1) is 14.6. The minimum Gasteiger partial charge on any atom is -0.465 e. The Morgan fingerprint density at radius 1 is 0.967 bits per heavy atom. The minimum atomic E-state index is -0.369. The summed E-state index contributed by atoms with van der Waals surface area (Å²) < 4.78 is 5.42. The number of anilines is 1. The van der Waals surface area contributed by atoms with Crippen molar-refractivity contribution in [2.75, 3.05) is 37.7 Å². The van der Waals surface area contributed by atoms with Crippen molar-refractivity contribution in [3.05, 3.63) is 77.9 Å². The summed E-state index contributed by atoms with van der Waals surface area (Å²) in [4.78, 5) is 17.5. The predicted molar refractivity (Wildman–Crippen MR) is 119 cm³/mol. The van der Waals surface area contributed by atoms with Gasteiger partial charge in [0.1, 0.15) is 0 Å². The van der Waals surface area contributed by atoms with Crippen molar-refractivity contribution in [3.63, 3.8) is 0 Å². The average molecular weight is 403 g/mol. The first kappa shape index (κ1) is 19.4. The molecule has 0 amide bonds. The molecule has 3 aliphatic rings. The van der Waals surface area contributed by atoms with Gasteiger partial charge in [0.15, 0.2) is 0 Å². The molecule has 1 saturated carbocycles. The monoisotopic (exact) mass is 402 g/mol. The average Bonchev–Trinajstić information content (AvgIpc) is 3.24. The number of nitrogens with zero attached hydrogens (tertiary/aromatic N) is 2. The van der Waals surface area contributed by atoms with Gasteiger partial charge in [0.25, 0.3) is 0 Å². The number of carbonyl (C=O) groups excluding carboxylic acids is 1. The molecular formula is C26H30N2O2. The Kier molecular flexibility index (Phi) is 5.11. The number of rotatable bonds is 5. The highest BCUT2D eigenvalue weighted by atomic mass is 16.5. The zero-order chi connectivity index (χ0) is 20.6. The molecule has 1 aliphatic carbocycles. The van der Waals surface area contributed by atoms with Crippen molar-refractivity contribution in [2.24, 2.45) is 11.3 Å². The maximum Gasteiger partial charge on any atom is 0.313 e. The summed E-state index contributed by atoms with van der Waals surface area (Å²) in [6.45, 7) is 9.98. The van der Waals surface area contributed by atoms with Gasteiger partial charge in [0.2, 0.25) is 0 Å². The summed E-state index contributed by atoms with van der Waals surface area (Å²) >= 11 is 0. The Morgan fingerprint density at radius 3 is 2.40 bits per heavy atom. The smallest absolute Gasteiger partial charge is 0.313 e. The minimum absolute atomic E-state index is 0.0217. The number of ether oxygens (including phenoxy) is 1. The Morgan fingerprint density at radius 2 is 1.67 bits per heavy atom. The van der Waals surface area contributed by atoms with Gasteiger partial charge in [0, 0.05) is 44.3 Å². The van der Waals surface area contributed by atoms with E-state index in [-0.39, 0.29) is 11.4 Å². The summed E-state index contributed by atoms with van der Waals surface area (Å²) in [6.07, 6.45) is 2.48. The zero-order valence-electron chi connectivity index (χ0n) is 17.6. The lowest BCUT2D eigenvalue weighted by Gasteiger charge is -2.36. The molecule has 0 radical (unpaired) electrons. The molecule has 4 heteroatoms. The Bertz CT molecular complexity index is 916. The molecule has 2 aromatic rings. The number of piperazine rings is 1. The van der Waals surface area contributed by atoms with Crippen LogP contribution in [0.15, 0.2) is 66.7 Å². The van der Waals surface area contributed by atoms with Crippen LogP contribution < -0.4 is 4.90 Å². The normalized spacial score (nSPS) is 26.7. The van der Waals surface area contributed by atoms with Crippen molar-refractivity contribution >= 4 is 11.7 Å². The van der Waals surface area contributed by atoms with Crippen molar-refractivity contribution in [2.45, 2.75) is 25.8 Å². The van der Waals surface area contributed by atoms with E-state index >= 15 is 0 Å². The number of fused-ring (bicyclic) bond motifs is 1. The number of cyclic esters (lactones) is 1. The standard InChI is InChI=1S/C26H30N2O2/c1-20-15-23-19-30-25(29)26(23,16-20)17-21-7-9-22(10-8-21)18-27-11-13-28(14-12-27)24-5-3-2-4-6-24/h2-10,23H,1,11-19H2. The van der Waals surface area contributed by atoms with E-state index in [0.717, 1.165) is 52.0 Å². The molecule has 2 aromatic carbocycles. The lowest BCUT2D eigenvalue weighted by atomic mass is 9.75. The van der Waals surface area contributed by atoms with E-state index in [4.69, 9.17) is 4.74 Å². The molecule has 2 saturated heterocycles. The van der Waals surface area contributed by atoms with Crippen molar-refractivity contribution in [3.8, 4) is 0 Å². The van der Waals surface area contributed by atoms with E-state index in [2.05, 4.69) is 71.0 Å². The summed E-state index contributed by atoms with van der Waals surface area (Å²) in [7, 11) is 0. The molecule has 2 unspecified atom stereocenters. The van der Waals surface area contributed by atoms with Gasteiger partial charge >= 0.3 is 5.97 Å². The van der Waals surface area contributed by atoms with Crippen LogP contribution in [0.1, 0.15) is 24.0 Å². The number of benzene rings is 2. The number of allylic oxidation sites excluding steroid dienone is 1. The lowest BCUT2D eigenvalue weighted by molar-refractivity contribution is -0.146. The Balaban J connectivity index is 1.18. The predicted octanol–water partition coefficient (Wildman–Crippen LogP) is 4.06. The summed E-state index contributed by atoms with van der Waals surface area (Å²) in [6, 6.07) is 19.5. The second kappa shape index (κ2) is 7.92. The SMILES string of the molecule is C=C1CC2COC(=O)C2(Cc2ccc(CN3CCN(c4ccccc4)CC3)cc2)C1. The molecule has 2 heterocycles. The van der Waals surface area contributed by atoms with Gasteiger partial charge in [-0.05, 0) is 42.5 Å². The fourth-order valence-corrected chi connectivity index (χ4v) is 5.45. The first-order valence-corrected chi connectivity index (χ1v) is 11.1. The number of para-hydroxylation sites is 1. The van der Waals surface area contributed by atoms with Crippen LogP contribution in [0.2, 0.25) is 0 Å². The number of esters is 1. The fraction of sp³-hybridized carbons (Fsp3) is 0.423. The third-order valence-corrected chi connectivity index (χ3v) is 7.15. The van der Waals surface area contributed by atoms with E-state index in [0.29, 0.717) is 12.5 Å². The van der Waals surface area contributed by atoms with E-state index in [1.165, 1.54) is 22.4 Å². The second-order valence-corrected chi connectivity index (χ2v) is 9.17. The molecule has 0 bridgehead atoms. The molecule has 0 N–H and O–H groups in total. The van der Waals surface area contributed by atoms with E-state index in [1.54, 1.807) is 0 Å². The highest BCUT2D eigenvalue weighted by Gasteiger charge is 2.55. The van der Waals surface area contributed by atoms with Crippen molar-refractivity contribution < 1.29 is 9.53 Å². The molecule has 156 valence electrons. The van der Waals surface area contributed by atoms with Gasteiger partial charge < -0.3 is 9.64 Å². The topological polar surface area (TPSA) is 32.8 Å². The third kappa shape index (κ3) is 3.65. The third-order valence-electron chi connectivity index (χ3n) is 7.15. The van der Waals surface area contributed by atoms with Crippen LogP contribution in [0.25, 0.3) is 0 Å². The number of carbonyl (C=O) groups is 1. The van der Waals surface area contributed by atoms with Crippen molar-refractivity contribution in [1.82, 2.24) is 4.90 Å². The summed E-state index contributed by atoms with van der Waals surface area (Å²) in [5.74, 6) is 0.282. The van der Waals surface area contributed by atoms with Crippen LogP contribution in [0, 0.1) is 11.3 Å². The van der Waals surface area contributed by atoms with Gasteiger partial charge in [0.05, 0.1) is 12.0 Å². The van der Waals surface area contributed by atoms with Gasteiger partial charge in [-0.3, -0.25) is 9.69 Å². The van der Waals surface area contributed by atoms with Gasteiger partial charge in [-0.1, -0.05) is 54.6 Å². The molecule has 0 aromatic heterocycles. The first-order valence-electron chi connectivity index (χ1n) is 11.1. The van der Waals surface area contributed by atoms with Gasteiger partial charge in [-0.2, -0.15) is 0 Å². The summed E-state index contributed by atoms with van der Waals surface area (Å²) in [5, 5.41) is 0. The van der Waals surface area contributed by atoms with Gasteiger partial charge in [-0.15, -0.1) is 0 Å². The molecule has 4 nitrogen and oxygen atoms in total. The van der Waals surface area contributed by atoms with E-state index in [9.17, 15) is 4.79 Å². The Hall–Kier alpha value is -2.59. The highest BCUT2D eigenvalue weighted by Crippen LogP contribution is 2.52. The molecule has 30 heavy (non-hydrogen) atoms. The molecule has 2 atom stereocenters. The van der Waals surface area contributed by atoms with Crippen LogP contribution in [-0.2, 0) is 22.5 Å². The molecular weight excluding hydrogens is 372 g/mol. The van der Waals surface area contributed by atoms with E-state index in [1.807, 2.05) is 0 Å². The molecule has 2 aliphatic heterocycles. The second-order valence-electron chi connectivity index (χ2n) is 9.17. The zero-order valence-corrected chi connectivity index (χ0v) is 17.6. The largest absolute Gasteiger partial charge is 0.465 e. The summed E-state index contributed by atoms with van der Waals surface area (Å²) in [5.41, 5.74) is 4.71. The van der Waals surface area contributed by atoms with E-state index < -0.39 is 0 Å². The maximum atomic E-state index is 12.5. The van der Waals surface area contributed by atoms with Crippen LogP contribution >= 0.6 is 0 Å². The van der Waals surface area contributed by atoms with Crippen LogP contribution in [0.5, 0.6) is 0 Å². The maximum absolute atomic E-state index is 12.5. The quantitative estimate of drug-likeness (QED) is 0.558. The number of hydrogen-bond acceptors (Lipinski definition) is 4. The Labute approximate surface area is 179 Å². The van der Waals surface area contributed by atoms with Crippen LogP contribution in [0.4, 0.5) is 5.69 Å². The van der Waals surface area contributed by atoms with Crippen molar-refractivity contribution in [1.29, 1.82) is 0 Å². The number of hydrogen-bond donors (Lipinski definition) is 0. The van der Waals surface area contributed by atoms with Crippen LogP contribution in [-0.4, -0.2) is 43.7 Å². The lowest BCUT2D eigenvalue weighted by Crippen LogP contribution is -2.45. The fourth-order valence-electron chi connectivity index (χ4n) is 5.45. The van der Waals surface area contributed by atoms with Gasteiger partial charge in [-0.25, -0.2) is 0 Å². The molecule has 3 fully saturated rings. The molecule has 0 spiro atoms. The van der Waals surface area contributed by atoms with Crippen LogP contribution in [0.3, 0.4) is 0 Å². The molecule has 5 rings (SSSR count).